The van der Waals surface area contributed by atoms with Gasteiger partial charge in [0, 0.05) is 18.0 Å². The van der Waals surface area contributed by atoms with Gasteiger partial charge in [0.05, 0.1) is 0 Å². The minimum Gasteiger partial charge on any atom is -0.848 e. The van der Waals surface area contributed by atoms with E-state index in [2.05, 4.69) is 11.4 Å². The number of rotatable bonds is 6. The summed E-state index contributed by atoms with van der Waals surface area (Å²) in [4.78, 5) is 11.2. The van der Waals surface area contributed by atoms with Gasteiger partial charge in [-0.05, 0) is 61.6 Å². The van der Waals surface area contributed by atoms with Crippen molar-refractivity contribution in [2.45, 2.75) is 50.7 Å². The number of carbonyl (C=O) groups is 1. The van der Waals surface area contributed by atoms with Gasteiger partial charge in [0.2, 0.25) is 0 Å². The summed E-state index contributed by atoms with van der Waals surface area (Å²) in [7, 11) is 0. The van der Waals surface area contributed by atoms with E-state index in [9.17, 15) is 9.90 Å². The summed E-state index contributed by atoms with van der Waals surface area (Å²) in [5, 5.41) is 16.5. The molecule has 144 valence electrons. The van der Waals surface area contributed by atoms with Gasteiger partial charge < -0.3 is 15.2 Å². The molecule has 1 aliphatic carbocycles. The van der Waals surface area contributed by atoms with Crippen LogP contribution >= 0.6 is 11.6 Å². The van der Waals surface area contributed by atoms with Crippen molar-refractivity contribution in [1.29, 1.82) is 0 Å². The fraction of sp³-hybridized carbons (Fsp3) is 0.409. The van der Waals surface area contributed by atoms with Crippen LogP contribution in [0.2, 0.25) is 5.02 Å². The summed E-state index contributed by atoms with van der Waals surface area (Å²) in [6, 6.07) is 15.3. The van der Waals surface area contributed by atoms with Crippen molar-refractivity contribution in [3.63, 3.8) is 0 Å². The number of hydrogen-bond donors (Lipinski definition) is 1. The molecule has 2 aromatic carbocycles. The molecule has 0 radical (unpaired) electrons. The van der Waals surface area contributed by atoms with E-state index in [-0.39, 0.29) is 35.5 Å². The summed E-state index contributed by atoms with van der Waals surface area (Å²) in [6.07, 6.45) is 3.45. The Morgan fingerprint density at radius 3 is 2.79 bits per heavy atom. The van der Waals surface area contributed by atoms with Crippen LogP contribution in [0.4, 0.5) is 0 Å². The summed E-state index contributed by atoms with van der Waals surface area (Å²) >= 11 is 5.98. The molecule has 3 atom stereocenters. The molecule has 0 spiro atoms. The number of nitrogens with one attached hydrogen (secondary N) is 1. The van der Waals surface area contributed by atoms with Crippen molar-refractivity contribution in [3.05, 3.63) is 64.7 Å². The first-order valence-electron chi connectivity index (χ1n) is 9.44. The molecule has 28 heavy (non-hydrogen) atoms. The Balaban J connectivity index is 0.00000280. The van der Waals surface area contributed by atoms with Crippen molar-refractivity contribution in [2.24, 2.45) is 0 Å². The van der Waals surface area contributed by atoms with E-state index in [1.165, 1.54) is 12.5 Å². The largest absolute Gasteiger partial charge is 1.00 e. The SMILES string of the molecule is CC(=O)Oc1cccc(C2CCCC(NC[C@H]([O-])c3cccc(Cl)c3)C2)c1.[Na+]. The fourth-order valence-electron chi connectivity index (χ4n) is 3.77. The molecule has 1 fully saturated rings. The average Bonchev–Trinajstić information content (AvgIpc) is 2.66. The van der Waals surface area contributed by atoms with Crippen LogP contribution in [0, 0.1) is 0 Å². The van der Waals surface area contributed by atoms with Gasteiger partial charge in [-0.1, -0.05) is 54.0 Å². The van der Waals surface area contributed by atoms with Gasteiger partial charge >= 0.3 is 35.5 Å². The molecule has 0 aromatic heterocycles. The molecule has 0 heterocycles. The fourth-order valence-corrected chi connectivity index (χ4v) is 3.97. The van der Waals surface area contributed by atoms with Crippen LogP contribution in [0.5, 0.6) is 5.75 Å². The third-order valence-electron chi connectivity index (χ3n) is 5.08. The number of benzene rings is 2. The maximum absolute atomic E-state index is 12.5. The van der Waals surface area contributed by atoms with E-state index >= 15 is 0 Å². The molecule has 0 saturated heterocycles. The van der Waals surface area contributed by atoms with Gasteiger partial charge in [0.1, 0.15) is 5.75 Å². The number of hydrogen-bond acceptors (Lipinski definition) is 4. The Hall–Kier alpha value is -0.880. The zero-order valence-corrected chi connectivity index (χ0v) is 19.2. The Labute approximate surface area is 193 Å². The third-order valence-corrected chi connectivity index (χ3v) is 5.31. The van der Waals surface area contributed by atoms with E-state index in [0.29, 0.717) is 29.3 Å². The topological polar surface area (TPSA) is 61.4 Å². The number of ether oxygens (including phenoxy) is 1. The van der Waals surface area contributed by atoms with Crippen LogP contribution in [0.1, 0.15) is 55.8 Å². The van der Waals surface area contributed by atoms with Crippen LogP contribution < -0.4 is 44.7 Å². The average molecular weight is 410 g/mol. The van der Waals surface area contributed by atoms with Crippen molar-refractivity contribution >= 4 is 17.6 Å². The van der Waals surface area contributed by atoms with E-state index in [0.717, 1.165) is 31.2 Å². The first-order valence-corrected chi connectivity index (χ1v) is 9.82. The minimum absolute atomic E-state index is 0. The number of halogens is 1. The minimum atomic E-state index is -0.823. The van der Waals surface area contributed by atoms with E-state index < -0.39 is 6.10 Å². The monoisotopic (exact) mass is 409 g/mol. The molecule has 3 rings (SSSR count). The molecule has 1 aliphatic rings. The van der Waals surface area contributed by atoms with Crippen molar-refractivity contribution in [1.82, 2.24) is 5.32 Å². The first-order chi connectivity index (χ1) is 13.0. The summed E-state index contributed by atoms with van der Waals surface area (Å²) in [5.74, 6) is 0.691. The number of esters is 1. The molecule has 6 heteroatoms. The Morgan fingerprint density at radius 2 is 2.04 bits per heavy atom. The van der Waals surface area contributed by atoms with Gasteiger partial charge in [-0.3, -0.25) is 4.79 Å². The predicted molar refractivity (Wildman–Crippen MR) is 105 cm³/mol. The van der Waals surface area contributed by atoms with Gasteiger partial charge in [-0.15, -0.1) is 0 Å². The molecule has 2 aromatic rings. The molecule has 0 amide bonds. The standard InChI is InChI=1S/C22H25ClNO3.Na/c1-15(25)27-21-10-4-6-17(13-21)16-5-3-9-20(12-16)24-14-22(26)18-7-2-8-19(23)11-18;/h2,4,6-8,10-11,13,16,20,22,24H,3,5,9,12,14H2,1H3;/q-1;+1/t16?,20?,22-;/m0./s1. The summed E-state index contributed by atoms with van der Waals surface area (Å²) in [6.45, 7) is 1.80. The van der Waals surface area contributed by atoms with E-state index in [1.54, 1.807) is 18.2 Å². The van der Waals surface area contributed by atoms with Crippen LogP contribution in [0.3, 0.4) is 0 Å². The van der Waals surface area contributed by atoms with Crippen molar-refractivity contribution < 1.29 is 44.2 Å². The zero-order valence-electron chi connectivity index (χ0n) is 16.5. The van der Waals surface area contributed by atoms with Crippen LogP contribution in [0.25, 0.3) is 0 Å². The van der Waals surface area contributed by atoms with Gasteiger partial charge in [-0.2, -0.15) is 0 Å². The van der Waals surface area contributed by atoms with Gasteiger partial charge in [0.15, 0.2) is 0 Å². The molecule has 2 unspecified atom stereocenters. The second-order valence-electron chi connectivity index (χ2n) is 7.18. The van der Waals surface area contributed by atoms with Crippen LogP contribution in [0.15, 0.2) is 48.5 Å². The smallest absolute Gasteiger partial charge is 0.848 e. The maximum Gasteiger partial charge on any atom is 1.00 e. The molecule has 0 bridgehead atoms. The molecular formula is C22H25ClNNaO3. The van der Waals surface area contributed by atoms with Crippen molar-refractivity contribution in [3.8, 4) is 5.75 Å². The first kappa shape index (κ1) is 23.4. The van der Waals surface area contributed by atoms with Gasteiger partial charge in [0.25, 0.3) is 0 Å². The molecule has 1 saturated carbocycles. The zero-order chi connectivity index (χ0) is 19.2. The maximum atomic E-state index is 12.5. The molecule has 4 nitrogen and oxygen atoms in total. The third kappa shape index (κ3) is 6.87. The van der Waals surface area contributed by atoms with Gasteiger partial charge in [-0.25, -0.2) is 0 Å². The molecule has 1 N–H and O–H groups in total. The molecular weight excluding hydrogens is 385 g/mol. The second-order valence-corrected chi connectivity index (χ2v) is 7.61. The quantitative estimate of drug-likeness (QED) is 0.439. The summed E-state index contributed by atoms with van der Waals surface area (Å²) in [5.41, 5.74) is 1.91. The Kier molecular flexibility index (Phi) is 9.48. The molecule has 0 aliphatic heterocycles. The Morgan fingerprint density at radius 1 is 1.25 bits per heavy atom. The van der Waals surface area contributed by atoms with Crippen molar-refractivity contribution in [2.75, 3.05) is 6.54 Å². The predicted octanol–water partition coefficient (Wildman–Crippen LogP) is 0.987. The summed E-state index contributed by atoms with van der Waals surface area (Å²) < 4.78 is 5.20. The number of carbonyl (C=O) groups excluding carboxylic acids is 1. The van der Waals surface area contributed by atoms with Crippen LogP contribution in [-0.4, -0.2) is 18.6 Å². The van der Waals surface area contributed by atoms with Crippen LogP contribution in [-0.2, 0) is 4.79 Å². The normalized spacial score (nSPS) is 20.1. The Bertz CT molecular complexity index is 786. The van der Waals surface area contributed by atoms with E-state index in [1.807, 2.05) is 24.3 Å². The second kappa shape index (κ2) is 11.3. The van der Waals surface area contributed by atoms with E-state index in [4.69, 9.17) is 16.3 Å².